The van der Waals surface area contributed by atoms with Crippen LogP contribution in [-0.4, -0.2) is 44.0 Å². The topological polar surface area (TPSA) is 123 Å². The van der Waals surface area contributed by atoms with E-state index in [1.165, 1.54) is 7.11 Å². The summed E-state index contributed by atoms with van der Waals surface area (Å²) in [6, 6.07) is 19.5. The molecule has 3 amide bonds. The average molecular weight is 490 g/mol. The molecule has 3 N–H and O–H groups in total. The van der Waals surface area contributed by atoms with Gasteiger partial charge in [0.05, 0.1) is 30.5 Å². The monoisotopic (exact) mass is 489 g/mol. The van der Waals surface area contributed by atoms with Crippen LogP contribution < -0.4 is 20.7 Å². The maximum Gasteiger partial charge on any atom is 0.338 e. The van der Waals surface area contributed by atoms with E-state index in [2.05, 4.69) is 16.0 Å². The van der Waals surface area contributed by atoms with Gasteiger partial charge in [0.1, 0.15) is 5.75 Å². The Morgan fingerprint density at radius 3 is 2.11 bits per heavy atom. The first-order valence-corrected chi connectivity index (χ1v) is 11.3. The molecule has 0 fully saturated rings. The third-order valence-corrected chi connectivity index (χ3v) is 5.09. The molecule has 36 heavy (non-hydrogen) atoms. The number of methoxy groups -OCH3 is 1. The highest BCUT2D eigenvalue weighted by Gasteiger charge is 2.15. The van der Waals surface area contributed by atoms with Gasteiger partial charge in [-0.05, 0) is 67.6 Å². The Morgan fingerprint density at radius 1 is 0.778 bits per heavy atom. The number of anilines is 2. The molecule has 0 spiro atoms. The van der Waals surface area contributed by atoms with Gasteiger partial charge in [0.2, 0.25) is 5.91 Å². The summed E-state index contributed by atoms with van der Waals surface area (Å²) in [6.45, 7) is 2.09. The first-order valence-electron chi connectivity index (χ1n) is 11.3. The van der Waals surface area contributed by atoms with Crippen LogP contribution in [-0.2, 0) is 9.53 Å². The van der Waals surface area contributed by atoms with Crippen molar-refractivity contribution in [2.24, 2.45) is 0 Å². The molecule has 0 saturated heterocycles. The minimum atomic E-state index is -0.432. The molecule has 3 aromatic rings. The molecule has 0 radical (unpaired) electrons. The fraction of sp³-hybridized carbons (Fsp3) is 0.185. The first-order chi connectivity index (χ1) is 17.4. The molecule has 3 rings (SSSR count). The van der Waals surface area contributed by atoms with Crippen molar-refractivity contribution < 1.29 is 28.7 Å². The zero-order valence-electron chi connectivity index (χ0n) is 20.0. The number of amides is 3. The van der Waals surface area contributed by atoms with Gasteiger partial charge in [-0.25, -0.2) is 4.79 Å². The molecular weight excluding hydrogens is 462 g/mol. The lowest BCUT2D eigenvalue weighted by atomic mass is 10.1. The van der Waals surface area contributed by atoms with E-state index in [-0.39, 0.29) is 37.0 Å². The minimum Gasteiger partial charge on any atom is -0.497 e. The molecule has 0 aliphatic rings. The SMILES string of the molecule is CCOC(=O)c1ccc(NC(=O)CCNC(=O)c2ccccc2NC(=O)c2ccc(OC)cc2)cc1. The normalized spacial score (nSPS) is 10.2. The highest BCUT2D eigenvalue weighted by Crippen LogP contribution is 2.18. The van der Waals surface area contributed by atoms with E-state index in [1.54, 1.807) is 79.7 Å². The average Bonchev–Trinajstić information content (AvgIpc) is 2.89. The Morgan fingerprint density at radius 2 is 1.44 bits per heavy atom. The van der Waals surface area contributed by atoms with Gasteiger partial charge >= 0.3 is 5.97 Å². The standard InChI is InChI=1S/C27H27N3O6/c1-3-36-27(34)19-8-12-20(13-9-19)29-24(31)16-17-28-26(33)22-6-4-5-7-23(22)30-25(32)18-10-14-21(35-2)15-11-18/h4-15H,3,16-17H2,1-2H3,(H,28,33)(H,29,31)(H,30,32). The second-order valence-electron chi connectivity index (χ2n) is 7.58. The van der Waals surface area contributed by atoms with Crippen LogP contribution in [0.1, 0.15) is 44.4 Å². The van der Waals surface area contributed by atoms with Crippen molar-refractivity contribution in [2.75, 3.05) is 30.9 Å². The summed E-state index contributed by atoms with van der Waals surface area (Å²) >= 11 is 0. The highest BCUT2D eigenvalue weighted by atomic mass is 16.5. The van der Waals surface area contributed by atoms with E-state index in [1.807, 2.05) is 0 Å². The fourth-order valence-electron chi connectivity index (χ4n) is 3.24. The van der Waals surface area contributed by atoms with Gasteiger partial charge in [-0.1, -0.05) is 12.1 Å². The zero-order valence-corrected chi connectivity index (χ0v) is 20.0. The molecule has 0 saturated carbocycles. The van der Waals surface area contributed by atoms with Gasteiger partial charge in [0, 0.05) is 24.2 Å². The lowest BCUT2D eigenvalue weighted by molar-refractivity contribution is -0.116. The number of hydrogen-bond donors (Lipinski definition) is 3. The predicted octanol–water partition coefficient (Wildman–Crippen LogP) is 3.88. The van der Waals surface area contributed by atoms with E-state index < -0.39 is 11.9 Å². The summed E-state index contributed by atoms with van der Waals surface area (Å²) in [6.07, 6.45) is 0.0335. The van der Waals surface area contributed by atoms with Crippen LogP contribution in [0.25, 0.3) is 0 Å². The summed E-state index contributed by atoms with van der Waals surface area (Å²) in [7, 11) is 1.54. The number of para-hydroxylation sites is 1. The number of ether oxygens (including phenoxy) is 2. The lowest BCUT2D eigenvalue weighted by Crippen LogP contribution is -2.28. The van der Waals surface area contributed by atoms with E-state index >= 15 is 0 Å². The Labute approximate surface area is 208 Å². The summed E-state index contributed by atoms with van der Waals surface area (Å²) < 4.78 is 10.0. The van der Waals surface area contributed by atoms with Crippen molar-refractivity contribution in [3.63, 3.8) is 0 Å². The van der Waals surface area contributed by atoms with Crippen molar-refractivity contribution in [3.05, 3.63) is 89.5 Å². The summed E-state index contributed by atoms with van der Waals surface area (Å²) in [5, 5.41) is 8.15. The molecule has 0 aromatic heterocycles. The number of esters is 1. The van der Waals surface area contributed by atoms with Crippen molar-refractivity contribution in [1.82, 2.24) is 5.32 Å². The zero-order chi connectivity index (χ0) is 25.9. The largest absolute Gasteiger partial charge is 0.497 e. The van der Waals surface area contributed by atoms with Crippen molar-refractivity contribution >= 4 is 35.1 Å². The van der Waals surface area contributed by atoms with Crippen LogP contribution in [0.4, 0.5) is 11.4 Å². The molecule has 0 unspecified atom stereocenters. The maximum absolute atomic E-state index is 12.7. The first kappa shape index (κ1) is 26.0. The van der Waals surface area contributed by atoms with E-state index in [9.17, 15) is 19.2 Å². The molecule has 3 aromatic carbocycles. The van der Waals surface area contributed by atoms with Crippen LogP contribution in [0.5, 0.6) is 5.75 Å². The Hall–Kier alpha value is -4.66. The minimum absolute atomic E-state index is 0.0335. The Balaban J connectivity index is 1.52. The molecular formula is C27H27N3O6. The smallest absolute Gasteiger partial charge is 0.338 e. The van der Waals surface area contributed by atoms with E-state index in [0.29, 0.717) is 28.3 Å². The molecule has 9 heteroatoms. The number of hydrogen-bond acceptors (Lipinski definition) is 6. The Bertz CT molecular complexity index is 1220. The Kier molecular flexibility index (Phi) is 9.16. The summed E-state index contributed by atoms with van der Waals surface area (Å²) in [4.78, 5) is 49.2. The molecule has 186 valence electrons. The maximum atomic E-state index is 12.7. The van der Waals surface area contributed by atoms with Gasteiger partial charge in [-0.15, -0.1) is 0 Å². The quantitative estimate of drug-likeness (QED) is 0.372. The van der Waals surface area contributed by atoms with Crippen LogP contribution in [0, 0.1) is 0 Å². The van der Waals surface area contributed by atoms with Gasteiger partial charge in [0.15, 0.2) is 0 Å². The number of carbonyl (C=O) groups is 4. The van der Waals surface area contributed by atoms with Gasteiger partial charge in [-0.3, -0.25) is 14.4 Å². The second kappa shape index (κ2) is 12.7. The van der Waals surface area contributed by atoms with Crippen LogP contribution in [0.2, 0.25) is 0 Å². The molecule has 9 nitrogen and oxygen atoms in total. The molecule has 0 atom stereocenters. The highest BCUT2D eigenvalue weighted by molar-refractivity contribution is 6.09. The predicted molar refractivity (Wildman–Crippen MR) is 135 cm³/mol. The fourth-order valence-corrected chi connectivity index (χ4v) is 3.24. The van der Waals surface area contributed by atoms with Gasteiger partial charge in [-0.2, -0.15) is 0 Å². The third-order valence-electron chi connectivity index (χ3n) is 5.09. The van der Waals surface area contributed by atoms with E-state index in [4.69, 9.17) is 9.47 Å². The van der Waals surface area contributed by atoms with Gasteiger partial charge < -0.3 is 25.4 Å². The molecule has 0 aliphatic heterocycles. The van der Waals surface area contributed by atoms with Crippen LogP contribution in [0.15, 0.2) is 72.8 Å². The summed E-state index contributed by atoms with van der Waals surface area (Å²) in [5.41, 5.74) is 1.94. The summed E-state index contributed by atoms with van der Waals surface area (Å²) in [5.74, 6) is -0.902. The van der Waals surface area contributed by atoms with Crippen molar-refractivity contribution in [3.8, 4) is 5.75 Å². The number of carbonyl (C=O) groups excluding carboxylic acids is 4. The van der Waals surface area contributed by atoms with Crippen LogP contribution in [0.3, 0.4) is 0 Å². The van der Waals surface area contributed by atoms with Gasteiger partial charge in [0.25, 0.3) is 11.8 Å². The van der Waals surface area contributed by atoms with E-state index in [0.717, 1.165) is 0 Å². The molecule has 0 heterocycles. The number of rotatable bonds is 10. The van der Waals surface area contributed by atoms with Crippen LogP contribution >= 0.6 is 0 Å². The van der Waals surface area contributed by atoms with Crippen molar-refractivity contribution in [1.29, 1.82) is 0 Å². The second-order valence-corrected chi connectivity index (χ2v) is 7.58. The van der Waals surface area contributed by atoms with Crippen molar-refractivity contribution in [2.45, 2.75) is 13.3 Å². The molecule has 0 bridgehead atoms. The number of benzene rings is 3. The lowest BCUT2D eigenvalue weighted by Gasteiger charge is -2.12. The third kappa shape index (κ3) is 7.17. The molecule has 0 aliphatic carbocycles. The number of nitrogens with one attached hydrogen (secondary N) is 3.